The van der Waals surface area contributed by atoms with Gasteiger partial charge in [0.2, 0.25) is 0 Å². The molecule has 5 rings (SSSR count). The Morgan fingerprint density at radius 3 is 2.20 bits per heavy atom. The lowest BCUT2D eigenvalue weighted by Gasteiger charge is -2.26. The predicted octanol–water partition coefficient (Wildman–Crippen LogP) is 8.69. The van der Waals surface area contributed by atoms with Crippen LogP contribution in [0.1, 0.15) is 75.4 Å². The summed E-state index contributed by atoms with van der Waals surface area (Å²) < 4.78 is 49.7. The van der Waals surface area contributed by atoms with Crippen LogP contribution >= 0.6 is 24.8 Å². The fourth-order valence-electron chi connectivity index (χ4n) is 5.53. The maximum Gasteiger partial charge on any atom is 0.416 e. The smallest absolute Gasteiger partial charge is 0.416 e. The minimum Gasteiger partial charge on any atom is -0.489 e. The van der Waals surface area contributed by atoms with Crippen molar-refractivity contribution in [1.29, 1.82) is 0 Å². The number of esters is 1. The van der Waals surface area contributed by atoms with E-state index < -0.39 is 11.7 Å². The van der Waals surface area contributed by atoms with Crippen molar-refractivity contribution in [2.24, 2.45) is 0 Å². The third kappa shape index (κ3) is 9.95. The number of carbonyl (C=O) groups is 1. The zero-order valence-electron chi connectivity index (χ0n) is 25.6. The van der Waals surface area contributed by atoms with Crippen LogP contribution in [0.2, 0.25) is 0 Å². The molecule has 3 aromatic carbocycles. The number of hydrogen-bond acceptors (Lipinski definition) is 5. The van der Waals surface area contributed by atoms with E-state index in [4.69, 9.17) is 9.47 Å². The van der Waals surface area contributed by atoms with Gasteiger partial charge in [-0.1, -0.05) is 60.7 Å². The van der Waals surface area contributed by atoms with Gasteiger partial charge in [0.25, 0.3) is 0 Å². The lowest BCUT2D eigenvalue weighted by atomic mass is 9.91. The lowest BCUT2D eigenvalue weighted by molar-refractivity contribution is -0.137. The number of hydrogen-bond donors (Lipinski definition) is 1. The first kappa shape index (κ1) is 36.9. The highest BCUT2D eigenvalue weighted by molar-refractivity contribution is 5.87. The highest BCUT2D eigenvalue weighted by Crippen LogP contribution is 2.30. The van der Waals surface area contributed by atoms with Gasteiger partial charge in [-0.25, -0.2) is 9.78 Å². The average Bonchev–Trinajstić information content (AvgIpc) is 3.03. The Hall–Kier alpha value is -3.59. The summed E-state index contributed by atoms with van der Waals surface area (Å²) in [6.07, 6.45) is 0.802. The molecule has 0 bridgehead atoms. The standard InChI is InChI=1S/C36H37F3N2O3.2ClH/c1-2-43-35(42)33-21-20-30-31(7-5-8-32(30)41-33)40-23-22-28-6-3-4-9-34(28)44-24-27-14-12-25(13-15-27)10-11-26-16-18-29(19-17-26)36(37,38)39;;/h3-4,6,9,12-21,31,40H,2,5,7-8,10-11,22-24H2,1H3;2*1H. The molecule has 1 aliphatic rings. The number of carbonyl (C=O) groups excluding carboxylic acids is 1. The van der Waals surface area contributed by atoms with Gasteiger partial charge in [-0.05, 0) is 104 Å². The van der Waals surface area contributed by atoms with Gasteiger partial charge in [0.1, 0.15) is 18.1 Å². The largest absolute Gasteiger partial charge is 0.489 e. The van der Waals surface area contributed by atoms with Gasteiger partial charge < -0.3 is 14.8 Å². The number of rotatable bonds is 12. The summed E-state index contributed by atoms with van der Waals surface area (Å²) in [5.41, 5.74) is 6.03. The molecule has 1 aromatic heterocycles. The second-order valence-corrected chi connectivity index (χ2v) is 11.0. The molecule has 0 amide bonds. The SMILES string of the molecule is CCOC(=O)c1ccc2c(n1)CCCC2NCCc1ccccc1OCc1ccc(CCc2ccc(C(F)(F)F)cc2)cc1.Cl.Cl. The monoisotopic (exact) mass is 674 g/mol. The molecule has 1 atom stereocenters. The summed E-state index contributed by atoms with van der Waals surface area (Å²) >= 11 is 0. The van der Waals surface area contributed by atoms with E-state index in [9.17, 15) is 18.0 Å². The van der Waals surface area contributed by atoms with Gasteiger partial charge in [0.05, 0.1) is 12.2 Å². The molecule has 1 heterocycles. The van der Waals surface area contributed by atoms with Gasteiger partial charge in [0, 0.05) is 11.7 Å². The summed E-state index contributed by atoms with van der Waals surface area (Å²) in [5, 5.41) is 3.68. The Bertz CT molecular complexity index is 1550. The van der Waals surface area contributed by atoms with E-state index in [1.165, 1.54) is 0 Å². The van der Waals surface area contributed by atoms with Crippen LogP contribution in [-0.2, 0) is 43.2 Å². The highest BCUT2D eigenvalue weighted by atomic mass is 35.5. The second-order valence-electron chi connectivity index (χ2n) is 11.0. The van der Waals surface area contributed by atoms with Crippen molar-refractivity contribution in [3.05, 3.63) is 130 Å². The molecule has 0 aliphatic heterocycles. The molecule has 4 aromatic rings. The maximum absolute atomic E-state index is 12.8. The van der Waals surface area contributed by atoms with Gasteiger partial charge in [-0.3, -0.25) is 0 Å². The van der Waals surface area contributed by atoms with E-state index in [0.29, 0.717) is 25.3 Å². The van der Waals surface area contributed by atoms with E-state index in [0.717, 1.165) is 90.0 Å². The molecular formula is C36H39Cl2F3N2O3. The Labute approximate surface area is 280 Å². The summed E-state index contributed by atoms with van der Waals surface area (Å²) in [5.74, 6) is 0.472. The van der Waals surface area contributed by atoms with Crippen molar-refractivity contribution < 1.29 is 27.4 Å². The Morgan fingerprint density at radius 1 is 0.870 bits per heavy atom. The number of alkyl halides is 3. The molecule has 0 fully saturated rings. The molecule has 10 heteroatoms. The number of para-hydroxylation sites is 1. The van der Waals surface area contributed by atoms with E-state index in [2.05, 4.69) is 16.4 Å². The van der Waals surface area contributed by atoms with Crippen molar-refractivity contribution in [1.82, 2.24) is 10.3 Å². The third-order valence-electron chi connectivity index (χ3n) is 7.93. The lowest BCUT2D eigenvalue weighted by Crippen LogP contribution is -2.28. The summed E-state index contributed by atoms with van der Waals surface area (Å²) in [6, 6.07) is 25.6. The number of pyridine rings is 1. The van der Waals surface area contributed by atoms with Crippen LogP contribution in [0.4, 0.5) is 13.2 Å². The van der Waals surface area contributed by atoms with Crippen molar-refractivity contribution >= 4 is 30.8 Å². The topological polar surface area (TPSA) is 60.5 Å². The number of ether oxygens (including phenoxy) is 2. The van der Waals surface area contributed by atoms with Crippen molar-refractivity contribution in [3.8, 4) is 5.75 Å². The minimum atomic E-state index is -4.31. The first-order valence-electron chi connectivity index (χ1n) is 15.1. The van der Waals surface area contributed by atoms with Gasteiger partial charge in [-0.2, -0.15) is 13.2 Å². The van der Waals surface area contributed by atoms with E-state index in [1.54, 1.807) is 25.1 Å². The number of nitrogens with zero attached hydrogens (tertiary/aromatic N) is 1. The van der Waals surface area contributed by atoms with E-state index in [1.807, 2.05) is 48.5 Å². The van der Waals surface area contributed by atoms with Crippen molar-refractivity contribution in [2.75, 3.05) is 13.2 Å². The maximum atomic E-state index is 12.8. The van der Waals surface area contributed by atoms with Crippen LogP contribution in [0.25, 0.3) is 0 Å². The van der Waals surface area contributed by atoms with Crippen LogP contribution in [0.5, 0.6) is 5.75 Å². The highest BCUT2D eigenvalue weighted by Gasteiger charge is 2.30. The molecular weight excluding hydrogens is 636 g/mol. The fraction of sp³-hybridized carbons (Fsp3) is 0.333. The van der Waals surface area contributed by atoms with Crippen LogP contribution < -0.4 is 10.1 Å². The number of nitrogens with one attached hydrogen (secondary N) is 1. The van der Waals surface area contributed by atoms with Crippen LogP contribution in [0.15, 0.2) is 84.9 Å². The van der Waals surface area contributed by atoms with E-state index >= 15 is 0 Å². The minimum absolute atomic E-state index is 0. The quantitative estimate of drug-likeness (QED) is 0.152. The molecule has 1 unspecified atom stereocenters. The summed E-state index contributed by atoms with van der Waals surface area (Å²) in [7, 11) is 0. The normalized spacial score (nSPS) is 14.0. The van der Waals surface area contributed by atoms with Gasteiger partial charge >= 0.3 is 12.1 Å². The summed E-state index contributed by atoms with van der Waals surface area (Å²) in [6.45, 7) is 3.33. The molecule has 46 heavy (non-hydrogen) atoms. The zero-order valence-corrected chi connectivity index (χ0v) is 27.3. The predicted molar refractivity (Wildman–Crippen MR) is 178 cm³/mol. The Kier molecular flexibility index (Phi) is 13.9. The first-order chi connectivity index (χ1) is 21.3. The van der Waals surface area contributed by atoms with Crippen LogP contribution in [0.3, 0.4) is 0 Å². The van der Waals surface area contributed by atoms with Crippen molar-refractivity contribution in [2.45, 2.75) is 64.3 Å². The molecule has 0 spiro atoms. The number of aryl methyl sites for hydroxylation is 3. The molecule has 5 nitrogen and oxygen atoms in total. The van der Waals surface area contributed by atoms with Gasteiger partial charge in [0.15, 0.2) is 0 Å². The fourth-order valence-corrected chi connectivity index (χ4v) is 5.53. The van der Waals surface area contributed by atoms with E-state index in [-0.39, 0.29) is 36.8 Å². The number of aromatic nitrogens is 1. The average molecular weight is 676 g/mol. The van der Waals surface area contributed by atoms with Crippen LogP contribution in [-0.4, -0.2) is 24.1 Å². The molecule has 0 saturated carbocycles. The number of benzene rings is 3. The molecule has 1 aliphatic carbocycles. The van der Waals surface area contributed by atoms with Crippen LogP contribution in [0, 0.1) is 0 Å². The molecule has 0 saturated heterocycles. The summed E-state index contributed by atoms with van der Waals surface area (Å²) in [4.78, 5) is 16.7. The second kappa shape index (κ2) is 17.4. The molecule has 246 valence electrons. The third-order valence-corrected chi connectivity index (χ3v) is 7.93. The Balaban J connectivity index is 0.00000288. The Morgan fingerprint density at radius 2 is 1.52 bits per heavy atom. The molecule has 0 radical (unpaired) electrons. The van der Waals surface area contributed by atoms with Crippen molar-refractivity contribution in [3.63, 3.8) is 0 Å². The number of fused-ring (bicyclic) bond motifs is 1. The number of halogens is 5. The zero-order chi connectivity index (χ0) is 30.9. The molecule has 1 N–H and O–H groups in total. The first-order valence-corrected chi connectivity index (χ1v) is 15.1. The van der Waals surface area contributed by atoms with Gasteiger partial charge in [-0.15, -0.1) is 24.8 Å².